The average Bonchev–Trinajstić information content (AvgIpc) is 3.65. The van der Waals surface area contributed by atoms with Gasteiger partial charge in [-0.2, -0.15) is 4.99 Å². The molecule has 252 valence electrons. The first kappa shape index (κ1) is 34.6. The molecular weight excluding hydrogens is 687 g/mol. The number of halogens is 6. The summed E-state index contributed by atoms with van der Waals surface area (Å²) < 4.78 is 74.6. The maximum absolute atomic E-state index is 13.4. The first-order valence-corrected chi connectivity index (χ1v) is 15.2. The van der Waals surface area contributed by atoms with Crippen LogP contribution in [0.3, 0.4) is 0 Å². The third kappa shape index (κ3) is 8.99. The van der Waals surface area contributed by atoms with Crippen molar-refractivity contribution in [3.63, 3.8) is 0 Å². The Morgan fingerprint density at radius 1 is 1.08 bits per heavy atom. The maximum atomic E-state index is 13.4. The Labute approximate surface area is 278 Å². The highest BCUT2D eigenvalue weighted by atomic mass is 35.5. The minimum atomic E-state index is -4.80. The number of hydrogen-bond donors (Lipinski definition) is 1. The number of aliphatic imine (C=N–C) groups is 1. The number of urea groups is 1. The molecule has 0 saturated carbocycles. The molecule has 0 radical (unpaired) electrons. The van der Waals surface area contributed by atoms with Crippen LogP contribution in [0.2, 0.25) is 5.02 Å². The van der Waals surface area contributed by atoms with Crippen LogP contribution in [-0.2, 0) is 9.63 Å². The number of anilines is 1. The number of thioether (sulfide) groups is 1. The summed E-state index contributed by atoms with van der Waals surface area (Å²) in [5.41, 5.74) is 4.02. The van der Waals surface area contributed by atoms with Crippen LogP contribution in [-0.4, -0.2) is 56.5 Å². The van der Waals surface area contributed by atoms with Gasteiger partial charge >= 0.3 is 12.4 Å². The van der Waals surface area contributed by atoms with Crippen molar-refractivity contribution in [1.29, 1.82) is 0 Å². The lowest BCUT2D eigenvalue weighted by molar-refractivity contribution is -0.274. The molecule has 1 aliphatic rings. The normalized spacial score (nSPS) is 15.1. The quantitative estimate of drug-likeness (QED) is 0.134. The van der Waals surface area contributed by atoms with E-state index in [9.17, 15) is 31.5 Å². The maximum Gasteiger partial charge on any atom is 0.573 e. The van der Waals surface area contributed by atoms with Crippen LogP contribution in [0.1, 0.15) is 25.5 Å². The van der Waals surface area contributed by atoms with E-state index >= 15 is 0 Å². The second-order valence-electron chi connectivity index (χ2n) is 10.2. The van der Waals surface area contributed by atoms with Crippen molar-refractivity contribution in [3.05, 3.63) is 83.6 Å². The van der Waals surface area contributed by atoms with Gasteiger partial charge in [0.1, 0.15) is 23.9 Å². The van der Waals surface area contributed by atoms with Gasteiger partial charge in [-0.3, -0.25) is 14.5 Å². The number of carbonyl (C=O) groups is 2. The van der Waals surface area contributed by atoms with Crippen LogP contribution in [0, 0.1) is 0 Å². The van der Waals surface area contributed by atoms with Crippen molar-refractivity contribution in [3.8, 4) is 28.6 Å². The molecule has 1 aromatic heterocycles. The zero-order chi connectivity index (χ0) is 34.6. The molecule has 1 atom stereocenters. The number of benzene rings is 3. The van der Waals surface area contributed by atoms with E-state index in [0.717, 1.165) is 28.8 Å². The van der Waals surface area contributed by atoms with Crippen molar-refractivity contribution in [1.82, 2.24) is 20.2 Å². The summed E-state index contributed by atoms with van der Waals surface area (Å²) in [5, 5.41) is 4.53. The van der Waals surface area contributed by atoms with Crippen LogP contribution in [0.5, 0.6) is 11.5 Å². The Bertz CT molecular complexity index is 1820. The van der Waals surface area contributed by atoms with Crippen LogP contribution in [0.15, 0.2) is 78.0 Å². The van der Waals surface area contributed by atoms with Crippen molar-refractivity contribution in [2.24, 2.45) is 4.99 Å². The van der Waals surface area contributed by atoms with Gasteiger partial charge in [0.25, 0.3) is 5.92 Å². The molecule has 0 bridgehead atoms. The number of alkyl halides is 5. The fraction of sp³-hybridized carbons (Fsp3) is 0.233. The summed E-state index contributed by atoms with van der Waals surface area (Å²) in [6.45, 7) is 1.41. The topological polar surface area (TPSA) is 120 Å². The van der Waals surface area contributed by atoms with Gasteiger partial charge in [0.05, 0.1) is 17.1 Å². The molecule has 18 heteroatoms. The number of aromatic nitrogens is 3. The second-order valence-corrected chi connectivity index (χ2v) is 11.6. The van der Waals surface area contributed by atoms with Crippen LogP contribution in [0.25, 0.3) is 17.1 Å². The smallest absolute Gasteiger partial charge is 0.485 e. The van der Waals surface area contributed by atoms with Gasteiger partial charge in [0, 0.05) is 17.5 Å². The highest BCUT2D eigenvalue weighted by Gasteiger charge is 2.34. The van der Waals surface area contributed by atoms with Crippen molar-refractivity contribution >= 4 is 46.2 Å². The van der Waals surface area contributed by atoms with E-state index in [-0.39, 0.29) is 33.1 Å². The lowest BCUT2D eigenvalue weighted by Crippen LogP contribution is -2.32. The van der Waals surface area contributed by atoms with Gasteiger partial charge in [-0.15, -0.1) is 18.3 Å². The van der Waals surface area contributed by atoms with E-state index in [0.29, 0.717) is 29.6 Å². The standard InChI is InChI=1S/C30H24ClF5N6O5S/c1-17(18-3-5-19(6-4-18)26-37-16-41(39-26)21-8-10-22(11-9-21)46-30(34,35)36)47-40-27(44)38-28-42(25(43)14-48-28)23-13-20(31)7-12-24(23)45-15-29(2,32)33/h3-13,16-17H,14-15H2,1-2H3,(H,40,44). The first-order chi connectivity index (χ1) is 22.6. The van der Waals surface area contributed by atoms with Crippen LogP contribution >= 0.6 is 23.4 Å². The van der Waals surface area contributed by atoms with Crippen LogP contribution < -0.4 is 19.9 Å². The number of hydroxylamine groups is 1. The van der Waals surface area contributed by atoms with Gasteiger partial charge in [0.2, 0.25) is 5.91 Å². The minimum absolute atomic E-state index is 0.0361. The monoisotopic (exact) mass is 710 g/mol. The predicted molar refractivity (Wildman–Crippen MR) is 166 cm³/mol. The average molecular weight is 711 g/mol. The van der Waals surface area contributed by atoms with E-state index in [1.54, 1.807) is 31.2 Å². The molecule has 3 amide bonds. The van der Waals surface area contributed by atoms with Gasteiger partial charge in [-0.05, 0) is 55.0 Å². The molecule has 3 aromatic carbocycles. The largest absolute Gasteiger partial charge is 0.573 e. The Kier molecular flexibility index (Phi) is 10.2. The lowest BCUT2D eigenvalue weighted by atomic mass is 10.1. The lowest BCUT2D eigenvalue weighted by Gasteiger charge is -2.21. The molecule has 1 unspecified atom stereocenters. The molecule has 1 fully saturated rings. The summed E-state index contributed by atoms with van der Waals surface area (Å²) >= 11 is 7.05. The van der Waals surface area contributed by atoms with E-state index in [2.05, 4.69) is 25.3 Å². The van der Waals surface area contributed by atoms with E-state index in [4.69, 9.17) is 21.2 Å². The number of carbonyl (C=O) groups excluding carboxylic acids is 2. The Morgan fingerprint density at radius 3 is 2.46 bits per heavy atom. The number of hydrogen-bond acceptors (Lipinski definition) is 8. The van der Waals surface area contributed by atoms with E-state index in [1.165, 1.54) is 41.3 Å². The summed E-state index contributed by atoms with van der Waals surface area (Å²) in [5.74, 6) is -3.74. The fourth-order valence-electron chi connectivity index (χ4n) is 4.21. The highest BCUT2D eigenvalue weighted by Crippen LogP contribution is 2.37. The van der Waals surface area contributed by atoms with Gasteiger partial charge < -0.3 is 9.47 Å². The molecule has 1 aliphatic heterocycles. The molecule has 2 heterocycles. The number of rotatable bonds is 10. The first-order valence-electron chi connectivity index (χ1n) is 13.8. The third-order valence-corrected chi connectivity index (χ3v) is 7.55. The SMILES string of the molecule is CC(ONC(=O)N=C1SCC(=O)N1c1cc(Cl)ccc1OCC(C)(F)F)c1ccc(-c2ncn(-c3ccc(OC(F)(F)F)cc3)n2)cc1. The summed E-state index contributed by atoms with van der Waals surface area (Å²) in [6, 6.07) is 15.2. The molecule has 0 aliphatic carbocycles. The molecule has 48 heavy (non-hydrogen) atoms. The molecule has 1 N–H and O–H groups in total. The molecule has 5 rings (SSSR count). The molecule has 4 aromatic rings. The molecular formula is C30H24ClF5N6O5S. The number of nitrogens with zero attached hydrogens (tertiary/aromatic N) is 5. The van der Waals surface area contributed by atoms with Gasteiger partial charge in [0.15, 0.2) is 17.6 Å². The fourth-order valence-corrected chi connectivity index (χ4v) is 5.24. The van der Waals surface area contributed by atoms with Gasteiger partial charge in [-0.25, -0.2) is 28.7 Å². The highest BCUT2D eigenvalue weighted by molar-refractivity contribution is 8.15. The predicted octanol–water partition coefficient (Wildman–Crippen LogP) is 7.36. The van der Waals surface area contributed by atoms with Crippen molar-refractivity contribution < 1.29 is 45.9 Å². The van der Waals surface area contributed by atoms with E-state index < -0.39 is 36.9 Å². The Balaban J connectivity index is 1.20. The zero-order valence-corrected chi connectivity index (χ0v) is 26.4. The number of ether oxygens (including phenoxy) is 2. The van der Waals surface area contributed by atoms with Crippen molar-refractivity contribution in [2.75, 3.05) is 17.3 Å². The summed E-state index contributed by atoms with van der Waals surface area (Å²) in [7, 11) is 0. The zero-order valence-electron chi connectivity index (χ0n) is 24.9. The van der Waals surface area contributed by atoms with E-state index in [1.807, 2.05) is 0 Å². The Morgan fingerprint density at radius 2 is 1.79 bits per heavy atom. The number of amidine groups is 1. The summed E-state index contributed by atoms with van der Waals surface area (Å²) in [4.78, 5) is 40.1. The Hall–Kier alpha value is -4.74. The summed E-state index contributed by atoms with van der Waals surface area (Å²) in [6.07, 6.45) is -4.04. The molecule has 1 saturated heterocycles. The molecule has 11 nitrogen and oxygen atoms in total. The van der Waals surface area contributed by atoms with Gasteiger partial charge in [-0.1, -0.05) is 47.6 Å². The minimum Gasteiger partial charge on any atom is -0.485 e. The second kappa shape index (κ2) is 14.2. The third-order valence-electron chi connectivity index (χ3n) is 6.39. The van der Waals surface area contributed by atoms with Crippen LogP contribution in [0.4, 0.5) is 32.4 Å². The van der Waals surface area contributed by atoms with Crippen molar-refractivity contribution in [2.45, 2.75) is 32.2 Å². The number of nitrogens with one attached hydrogen (secondary N) is 1. The molecule has 0 spiro atoms. The number of amides is 3.